The Balaban J connectivity index is 1.93. The summed E-state index contributed by atoms with van der Waals surface area (Å²) in [6, 6.07) is 9.85. The fourth-order valence-electron chi connectivity index (χ4n) is 4.26. The molecule has 2 aromatic heterocycles. The van der Waals surface area contributed by atoms with E-state index < -0.39 is 0 Å². The molecular weight excluding hydrogens is 390 g/mol. The van der Waals surface area contributed by atoms with Gasteiger partial charge in [0.1, 0.15) is 0 Å². The summed E-state index contributed by atoms with van der Waals surface area (Å²) in [6.07, 6.45) is 0.158. The lowest BCUT2D eigenvalue weighted by Crippen LogP contribution is -2.19. The Labute approximate surface area is 171 Å². The lowest BCUT2D eigenvalue weighted by Gasteiger charge is -2.23. The van der Waals surface area contributed by atoms with Crippen molar-refractivity contribution in [2.75, 3.05) is 7.11 Å². The number of aromatic nitrogens is 5. The van der Waals surface area contributed by atoms with E-state index in [-0.39, 0.29) is 12.4 Å². The summed E-state index contributed by atoms with van der Waals surface area (Å²) in [5.41, 5.74) is 6.97. The second kappa shape index (κ2) is 6.42. The van der Waals surface area contributed by atoms with Gasteiger partial charge in [-0.1, -0.05) is 23.7 Å². The molecule has 7 nitrogen and oxygen atoms in total. The summed E-state index contributed by atoms with van der Waals surface area (Å²) >= 11 is 6.12. The molecule has 0 radical (unpaired) electrons. The number of esters is 1. The summed E-state index contributed by atoms with van der Waals surface area (Å²) in [7, 11) is 1.41. The van der Waals surface area contributed by atoms with E-state index in [1.54, 1.807) is 4.68 Å². The standard InChI is InChI=1S/C21H18ClN5O2/c1-11-8-16-19(13-4-6-14(22)7-5-13)15(9-18(28)29-3)12(2)20-21(16)26(11)10-17-23-24-25-27(17)20/h4-8H,9-10H2,1-3H3. The molecule has 0 spiro atoms. The topological polar surface area (TPSA) is 74.8 Å². The predicted octanol–water partition coefficient (Wildman–Crippen LogP) is 3.63. The molecule has 0 aliphatic carbocycles. The van der Waals surface area contributed by atoms with E-state index >= 15 is 0 Å². The Morgan fingerprint density at radius 1 is 1.24 bits per heavy atom. The van der Waals surface area contributed by atoms with Crippen LogP contribution in [-0.4, -0.2) is 37.9 Å². The first-order valence-corrected chi connectivity index (χ1v) is 9.63. The zero-order valence-corrected chi connectivity index (χ0v) is 17.0. The molecule has 29 heavy (non-hydrogen) atoms. The quantitative estimate of drug-likeness (QED) is 0.427. The molecule has 2 aromatic carbocycles. The van der Waals surface area contributed by atoms with Gasteiger partial charge in [0.2, 0.25) is 0 Å². The van der Waals surface area contributed by atoms with Crippen molar-refractivity contribution in [1.82, 2.24) is 24.8 Å². The Morgan fingerprint density at radius 3 is 2.72 bits per heavy atom. The third kappa shape index (κ3) is 2.57. The zero-order chi connectivity index (χ0) is 20.3. The van der Waals surface area contributed by atoms with Crippen LogP contribution in [0.4, 0.5) is 0 Å². The molecule has 3 heterocycles. The van der Waals surface area contributed by atoms with Crippen LogP contribution in [0.5, 0.6) is 0 Å². The summed E-state index contributed by atoms with van der Waals surface area (Å²) < 4.78 is 9.00. The number of tetrazole rings is 1. The van der Waals surface area contributed by atoms with Crippen LogP contribution in [-0.2, 0) is 22.5 Å². The number of carbonyl (C=O) groups excluding carboxylic acids is 1. The monoisotopic (exact) mass is 407 g/mol. The second-order valence-corrected chi connectivity index (χ2v) is 7.66. The summed E-state index contributed by atoms with van der Waals surface area (Å²) in [5, 5.41) is 14.0. The number of hydrogen-bond acceptors (Lipinski definition) is 5. The number of aryl methyl sites for hydroxylation is 1. The molecule has 0 amide bonds. The van der Waals surface area contributed by atoms with Crippen molar-refractivity contribution in [1.29, 1.82) is 0 Å². The van der Waals surface area contributed by atoms with Crippen molar-refractivity contribution in [2.24, 2.45) is 0 Å². The SMILES string of the molecule is COC(=O)Cc1c(C)c2c3c(cc(C)n3Cc3nnnn3-2)c1-c1ccc(Cl)cc1. The number of halogens is 1. The molecule has 146 valence electrons. The Hall–Kier alpha value is -3.19. The van der Waals surface area contributed by atoms with E-state index in [1.807, 2.05) is 31.2 Å². The van der Waals surface area contributed by atoms with Gasteiger partial charge in [-0.2, -0.15) is 4.68 Å². The highest BCUT2D eigenvalue weighted by atomic mass is 35.5. The molecule has 1 aliphatic heterocycles. The van der Waals surface area contributed by atoms with E-state index in [1.165, 1.54) is 7.11 Å². The molecule has 0 saturated carbocycles. The maximum Gasteiger partial charge on any atom is 0.310 e. The van der Waals surface area contributed by atoms with Crippen LogP contribution in [0.3, 0.4) is 0 Å². The Bertz CT molecular complexity index is 1290. The van der Waals surface area contributed by atoms with Crippen LogP contribution >= 0.6 is 11.6 Å². The number of benzene rings is 2. The van der Waals surface area contributed by atoms with E-state index in [0.717, 1.165) is 50.4 Å². The van der Waals surface area contributed by atoms with Crippen LogP contribution in [0.2, 0.25) is 5.02 Å². The third-order valence-corrected chi connectivity index (χ3v) is 5.89. The molecule has 4 aromatic rings. The average Bonchev–Trinajstić information content (AvgIpc) is 3.31. The lowest BCUT2D eigenvalue weighted by molar-refractivity contribution is -0.139. The van der Waals surface area contributed by atoms with Crippen LogP contribution < -0.4 is 0 Å². The molecule has 8 heteroatoms. The molecule has 0 saturated heterocycles. The van der Waals surface area contributed by atoms with Gasteiger partial charge < -0.3 is 9.30 Å². The molecule has 0 N–H and O–H groups in total. The van der Waals surface area contributed by atoms with Crippen molar-refractivity contribution in [2.45, 2.75) is 26.8 Å². The summed E-state index contributed by atoms with van der Waals surface area (Å²) in [4.78, 5) is 12.3. The van der Waals surface area contributed by atoms with Crippen molar-refractivity contribution in [3.05, 3.63) is 58.0 Å². The number of rotatable bonds is 3. The molecular formula is C21H18ClN5O2. The number of ether oxygens (including phenoxy) is 1. The highest BCUT2D eigenvalue weighted by Gasteiger charge is 2.29. The molecule has 0 atom stereocenters. The lowest BCUT2D eigenvalue weighted by atomic mass is 9.89. The first kappa shape index (κ1) is 17.9. The molecule has 0 fully saturated rings. The average molecular weight is 408 g/mol. The summed E-state index contributed by atoms with van der Waals surface area (Å²) in [5.74, 6) is 0.475. The smallest absolute Gasteiger partial charge is 0.310 e. The van der Waals surface area contributed by atoms with E-state index in [9.17, 15) is 4.79 Å². The maximum atomic E-state index is 12.3. The van der Waals surface area contributed by atoms with Gasteiger partial charge in [0, 0.05) is 16.1 Å². The first-order chi connectivity index (χ1) is 14.0. The largest absolute Gasteiger partial charge is 0.469 e. The van der Waals surface area contributed by atoms with Crippen LogP contribution in [0, 0.1) is 13.8 Å². The van der Waals surface area contributed by atoms with Gasteiger partial charge in [-0.15, -0.1) is 5.10 Å². The van der Waals surface area contributed by atoms with Gasteiger partial charge in [0.25, 0.3) is 0 Å². The molecule has 0 bridgehead atoms. The van der Waals surface area contributed by atoms with Crippen molar-refractivity contribution in [3.63, 3.8) is 0 Å². The number of nitrogens with zero attached hydrogens (tertiary/aromatic N) is 5. The van der Waals surface area contributed by atoms with E-state index in [0.29, 0.717) is 11.6 Å². The van der Waals surface area contributed by atoms with Gasteiger partial charge in [-0.05, 0) is 64.7 Å². The highest BCUT2D eigenvalue weighted by molar-refractivity contribution is 6.30. The minimum absolute atomic E-state index is 0.158. The van der Waals surface area contributed by atoms with Gasteiger partial charge in [-0.3, -0.25) is 4.79 Å². The van der Waals surface area contributed by atoms with Gasteiger partial charge in [0.15, 0.2) is 5.82 Å². The number of carbonyl (C=O) groups is 1. The molecule has 1 aliphatic rings. The molecule has 0 unspecified atom stereocenters. The minimum Gasteiger partial charge on any atom is -0.469 e. The van der Waals surface area contributed by atoms with Crippen molar-refractivity contribution < 1.29 is 9.53 Å². The third-order valence-electron chi connectivity index (χ3n) is 5.63. The van der Waals surface area contributed by atoms with E-state index in [4.69, 9.17) is 16.3 Å². The number of fused-ring (bicyclic) bond motifs is 2. The Kier molecular flexibility index (Phi) is 3.96. The van der Waals surface area contributed by atoms with Gasteiger partial charge >= 0.3 is 5.97 Å². The van der Waals surface area contributed by atoms with Crippen LogP contribution in [0.25, 0.3) is 27.7 Å². The van der Waals surface area contributed by atoms with Crippen LogP contribution in [0.15, 0.2) is 30.3 Å². The second-order valence-electron chi connectivity index (χ2n) is 7.23. The fourth-order valence-corrected chi connectivity index (χ4v) is 4.39. The Morgan fingerprint density at radius 2 is 2.00 bits per heavy atom. The maximum absolute atomic E-state index is 12.3. The number of hydrogen-bond donors (Lipinski definition) is 0. The van der Waals surface area contributed by atoms with Gasteiger partial charge in [0.05, 0.1) is 31.3 Å². The van der Waals surface area contributed by atoms with Crippen LogP contribution in [0.1, 0.15) is 22.6 Å². The predicted molar refractivity (Wildman–Crippen MR) is 109 cm³/mol. The van der Waals surface area contributed by atoms with Gasteiger partial charge in [-0.25, -0.2) is 0 Å². The fraction of sp³-hybridized carbons (Fsp3) is 0.238. The van der Waals surface area contributed by atoms with Crippen molar-refractivity contribution in [3.8, 4) is 16.8 Å². The highest BCUT2D eigenvalue weighted by Crippen LogP contribution is 2.42. The molecule has 5 rings (SSSR count). The minimum atomic E-state index is -0.293. The van der Waals surface area contributed by atoms with Crippen molar-refractivity contribution >= 4 is 28.5 Å². The number of methoxy groups -OCH3 is 1. The van der Waals surface area contributed by atoms with E-state index in [2.05, 4.69) is 33.1 Å². The summed E-state index contributed by atoms with van der Waals surface area (Å²) in [6.45, 7) is 4.69. The first-order valence-electron chi connectivity index (χ1n) is 9.25. The normalized spacial score (nSPS) is 12.3. The zero-order valence-electron chi connectivity index (χ0n) is 16.2.